The summed E-state index contributed by atoms with van der Waals surface area (Å²) in [5.41, 5.74) is 0.692. The van der Waals surface area contributed by atoms with E-state index in [4.69, 9.17) is 15.6 Å². The minimum atomic E-state index is -0.00833. The maximum Gasteiger partial charge on any atom is 0.108 e. The zero-order valence-corrected chi connectivity index (χ0v) is 18.1. The number of hydrogen-bond acceptors (Lipinski definition) is 5. The minimum absolute atomic E-state index is 0.00833. The van der Waals surface area contributed by atoms with E-state index in [0.717, 1.165) is 32.0 Å². The SMILES string of the molecule is C=C(O)/C=C(/C)C=N.CC.CC[C@H](CCNC)NC1CCCCC1.CO. The highest BCUT2D eigenvalue weighted by atomic mass is 16.3. The highest BCUT2D eigenvalue weighted by molar-refractivity contribution is 5.75. The molecule has 26 heavy (non-hydrogen) atoms. The highest BCUT2D eigenvalue weighted by Gasteiger charge is 2.16. The van der Waals surface area contributed by atoms with Gasteiger partial charge < -0.3 is 26.3 Å². The molecule has 0 aromatic heterocycles. The van der Waals surface area contributed by atoms with E-state index < -0.39 is 0 Å². The number of aliphatic hydroxyl groups is 2. The Hall–Kier alpha value is -1.17. The molecule has 5 N–H and O–H groups in total. The number of nitrogens with one attached hydrogen (secondary N) is 3. The molecule has 1 aliphatic rings. The van der Waals surface area contributed by atoms with Gasteiger partial charge in [0.25, 0.3) is 0 Å². The van der Waals surface area contributed by atoms with Crippen LogP contribution in [0.2, 0.25) is 0 Å². The van der Waals surface area contributed by atoms with Crippen molar-refractivity contribution in [1.82, 2.24) is 10.6 Å². The highest BCUT2D eigenvalue weighted by Crippen LogP contribution is 2.18. The third kappa shape index (κ3) is 20.9. The van der Waals surface area contributed by atoms with Gasteiger partial charge in [-0.05, 0) is 57.8 Å². The molecular weight excluding hydrogens is 326 g/mol. The number of allylic oxidation sites excluding steroid dienone is 2. The van der Waals surface area contributed by atoms with Crippen molar-refractivity contribution in [3.63, 3.8) is 0 Å². The molecule has 0 amide bonds. The number of aliphatic hydroxyl groups excluding tert-OH is 2. The van der Waals surface area contributed by atoms with Crippen molar-refractivity contribution in [2.24, 2.45) is 0 Å². The summed E-state index contributed by atoms with van der Waals surface area (Å²) in [7, 11) is 3.04. The lowest BCUT2D eigenvalue weighted by molar-refractivity contribution is 0.322. The first-order valence-corrected chi connectivity index (χ1v) is 9.95. The topological polar surface area (TPSA) is 88.4 Å². The van der Waals surface area contributed by atoms with Crippen LogP contribution in [0.15, 0.2) is 24.0 Å². The first-order chi connectivity index (χ1) is 12.5. The molecule has 0 saturated heterocycles. The van der Waals surface area contributed by atoms with E-state index in [1.165, 1.54) is 51.0 Å². The van der Waals surface area contributed by atoms with Gasteiger partial charge in [0.1, 0.15) is 5.76 Å². The van der Waals surface area contributed by atoms with Crippen LogP contribution < -0.4 is 10.6 Å². The van der Waals surface area contributed by atoms with Crippen molar-refractivity contribution in [2.45, 2.75) is 84.7 Å². The zero-order chi connectivity index (χ0) is 20.8. The minimum Gasteiger partial charge on any atom is -0.509 e. The Labute approximate surface area is 162 Å². The quantitative estimate of drug-likeness (QED) is 0.245. The Morgan fingerprint density at radius 2 is 1.77 bits per heavy atom. The average Bonchev–Trinajstić information content (AvgIpc) is 2.69. The molecule has 1 aliphatic carbocycles. The van der Waals surface area contributed by atoms with E-state index in [-0.39, 0.29) is 5.76 Å². The lowest BCUT2D eigenvalue weighted by atomic mass is 9.94. The first kappa shape index (κ1) is 29.6. The van der Waals surface area contributed by atoms with E-state index in [2.05, 4.69) is 24.1 Å². The van der Waals surface area contributed by atoms with Crippen molar-refractivity contribution in [2.75, 3.05) is 20.7 Å². The molecule has 0 aliphatic heterocycles. The van der Waals surface area contributed by atoms with E-state index in [1.54, 1.807) is 6.92 Å². The Kier molecular flexibility index (Phi) is 27.1. The largest absolute Gasteiger partial charge is 0.509 e. The van der Waals surface area contributed by atoms with Gasteiger partial charge in [-0.1, -0.05) is 46.6 Å². The molecule has 1 atom stereocenters. The second-order valence-corrected chi connectivity index (χ2v) is 6.02. The maximum atomic E-state index is 8.48. The number of hydrogen-bond donors (Lipinski definition) is 5. The van der Waals surface area contributed by atoms with Gasteiger partial charge in [-0.25, -0.2) is 0 Å². The normalized spacial score (nSPS) is 15.1. The predicted molar refractivity (Wildman–Crippen MR) is 116 cm³/mol. The molecule has 1 fully saturated rings. The summed E-state index contributed by atoms with van der Waals surface area (Å²) in [6, 6.07) is 1.54. The molecule has 0 radical (unpaired) electrons. The average molecular weight is 372 g/mol. The standard InChI is InChI=1S/C12H26N2.C6H9NO.C2H6.CH4O/c1-3-11(9-10-13-2)14-12-7-5-4-6-8-12;1-5(4-7)3-6(2)8;2*1-2/h11-14H,3-10H2,1-2H3;3-4,7-8H,2H2,1H3;1-2H3;2H,1H3/b;5-3-,7-4?;;/t11-;;;/m1.../s1. The Morgan fingerprint density at radius 1 is 1.23 bits per heavy atom. The summed E-state index contributed by atoms with van der Waals surface area (Å²) in [5.74, 6) is -0.00833. The lowest BCUT2D eigenvalue weighted by Gasteiger charge is -2.28. The van der Waals surface area contributed by atoms with Gasteiger partial charge in [0.2, 0.25) is 0 Å². The molecular formula is C21H45N3O2. The second-order valence-electron chi connectivity index (χ2n) is 6.02. The molecule has 0 spiro atoms. The fraction of sp³-hybridized carbons (Fsp3) is 0.762. The lowest BCUT2D eigenvalue weighted by Crippen LogP contribution is -2.40. The van der Waals surface area contributed by atoms with Gasteiger partial charge >= 0.3 is 0 Å². The van der Waals surface area contributed by atoms with Crippen LogP contribution in [0.25, 0.3) is 0 Å². The van der Waals surface area contributed by atoms with Crippen molar-refractivity contribution in [3.8, 4) is 0 Å². The van der Waals surface area contributed by atoms with Crippen LogP contribution in [0, 0.1) is 5.41 Å². The van der Waals surface area contributed by atoms with E-state index in [0.29, 0.717) is 5.57 Å². The number of rotatable bonds is 8. The van der Waals surface area contributed by atoms with Crippen molar-refractivity contribution in [1.29, 1.82) is 5.41 Å². The van der Waals surface area contributed by atoms with E-state index in [1.807, 2.05) is 20.9 Å². The Balaban J connectivity index is -0.000000377. The first-order valence-electron chi connectivity index (χ1n) is 9.95. The van der Waals surface area contributed by atoms with Crippen LogP contribution in [0.3, 0.4) is 0 Å². The molecule has 5 heteroatoms. The Bertz CT molecular complexity index is 338. The zero-order valence-electron chi connectivity index (χ0n) is 18.1. The van der Waals surface area contributed by atoms with Gasteiger partial charge in [0.05, 0.1) is 0 Å². The summed E-state index contributed by atoms with van der Waals surface area (Å²) in [5, 5.41) is 29.2. The fourth-order valence-electron chi connectivity index (χ4n) is 2.63. The van der Waals surface area contributed by atoms with Gasteiger partial charge in [-0.15, -0.1) is 0 Å². The third-order valence-electron chi connectivity index (χ3n) is 3.93. The van der Waals surface area contributed by atoms with Crippen molar-refractivity contribution < 1.29 is 10.2 Å². The summed E-state index contributed by atoms with van der Waals surface area (Å²) in [4.78, 5) is 0. The molecule has 0 unspecified atom stereocenters. The molecule has 0 bridgehead atoms. The van der Waals surface area contributed by atoms with Crippen LogP contribution >= 0.6 is 0 Å². The summed E-state index contributed by atoms with van der Waals surface area (Å²) in [6.45, 7) is 12.4. The molecule has 0 aromatic rings. The van der Waals surface area contributed by atoms with Crippen LogP contribution in [-0.4, -0.2) is 49.2 Å². The van der Waals surface area contributed by atoms with Gasteiger partial charge in [0, 0.05) is 25.4 Å². The van der Waals surface area contributed by atoms with Gasteiger partial charge in [0.15, 0.2) is 0 Å². The van der Waals surface area contributed by atoms with Crippen LogP contribution in [0.4, 0.5) is 0 Å². The molecule has 5 nitrogen and oxygen atoms in total. The maximum absolute atomic E-state index is 8.48. The monoisotopic (exact) mass is 371 g/mol. The smallest absolute Gasteiger partial charge is 0.108 e. The van der Waals surface area contributed by atoms with Crippen LogP contribution in [-0.2, 0) is 0 Å². The summed E-state index contributed by atoms with van der Waals surface area (Å²) in [6.07, 6.45) is 12.2. The summed E-state index contributed by atoms with van der Waals surface area (Å²) < 4.78 is 0. The van der Waals surface area contributed by atoms with E-state index >= 15 is 0 Å². The molecule has 0 aromatic carbocycles. The predicted octanol–water partition coefficient (Wildman–Crippen LogP) is 4.59. The van der Waals surface area contributed by atoms with Gasteiger partial charge in [-0.2, -0.15) is 0 Å². The second kappa shape index (κ2) is 23.8. The van der Waals surface area contributed by atoms with Crippen LogP contribution in [0.1, 0.15) is 72.6 Å². The molecule has 156 valence electrons. The third-order valence-corrected chi connectivity index (χ3v) is 3.93. The molecule has 1 rings (SSSR count). The van der Waals surface area contributed by atoms with Crippen LogP contribution in [0.5, 0.6) is 0 Å². The molecule has 1 saturated carbocycles. The van der Waals surface area contributed by atoms with E-state index in [9.17, 15) is 0 Å². The fourth-order valence-corrected chi connectivity index (χ4v) is 2.63. The van der Waals surface area contributed by atoms with Crippen molar-refractivity contribution >= 4 is 6.21 Å². The van der Waals surface area contributed by atoms with Gasteiger partial charge in [-0.3, -0.25) is 0 Å². The molecule has 0 heterocycles. The Morgan fingerprint density at radius 3 is 2.12 bits per heavy atom. The summed E-state index contributed by atoms with van der Waals surface area (Å²) >= 11 is 0. The van der Waals surface area contributed by atoms with Crippen molar-refractivity contribution in [3.05, 3.63) is 24.0 Å².